The van der Waals surface area contributed by atoms with Gasteiger partial charge < -0.3 is 10.4 Å². The first-order chi connectivity index (χ1) is 6.70. The summed E-state index contributed by atoms with van der Waals surface area (Å²) in [6, 6.07) is 0. The Hall–Kier alpha value is -0.570. The minimum Gasteiger partial charge on any atom is -0.392 e. The lowest BCUT2D eigenvalue weighted by Crippen LogP contribution is -2.32. The molecule has 3 heteroatoms. The monoisotopic (exact) mass is 197 g/mol. The van der Waals surface area contributed by atoms with Crippen LogP contribution in [-0.2, 0) is 4.79 Å². The molecule has 0 heterocycles. The predicted octanol–water partition coefficient (Wildman–Crippen LogP) is 0.920. The molecule has 2 rings (SSSR count). The van der Waals surface area contributed by atoms with Crippen LogP contribution in [0.4, 0.5) is 0 Å². The van der Waals surface area contributed by atoms with Crippen molar-refractivity contribution in [3.05, 3.63) is 0 Å². The van der Waals surface area contributed by atoms with Crippen LogP contribution in [0.5, 0.6) is 0 Å². The van der Waals surface area contributed by atoms with Crippen molar-refractivity contribution in [1.82, 2.24) is 5.32 Å². The molecule has 0 aromatic heterocycles. The van der Waals surface area contributed by atoms with Gasteiger partial charge in [0.15, 0.2) is 0 Å². The van der Waals surface area contributed by atoms with Gasteiger partial charge >= 0.3 is 0 Å². The van der Waals surface area contributed by atoms with Gasteiger partial charge in [0.2, 0.25) is 5.91 Å². The summed E-state index contributed by atoms with van der Waals surface area (Å²) in [5, 5.41) is 11.9. The third-order valence-corrected chi connectivity index (χ3v) is 3.53. The second-order valence-corrected chi connectivity index (χ2v) is 4.73. The Kier molecular flexibility index (Phi) is 2.77. The molecule has 0 aromatic carbocycles. The highest BCUT2D eigenvalue weighted by Crippen LogP contribution is 2.55. The quantitative estimate of drug-likeness (QED) is 0.707. The van der Waals surface area contributed by atoms with E-state index in [1.165, 1.54) is 25.7 Å². The molecule has 0 saturated heterocycles. The first-order valence-electron chi connectivity index (χ1n) is 5.66. The summed E-state index contributed by atoms with van der Waals surface area (Å²) in [5.41, 5.74) is 0. The summed E-state index contributed by atoms with van der Waals surface area (Å²) in [4.78, 5) is 11.7. The molecule has 0 radical (unpaired) electrons. The second kappa shape index (κ2) is 3.89. The van der Waals surface area contributed by atoms with Gasteiger partial charge in [-0.3, -0.25) is 4.79 Å². The standard InChI is InChI=1S/C11H19NO2/c1-7(13)6-12-11(14)10-8-4-2-3-5-9(8)10/h7-10,13H,2-6H2,1H3,(H,12,14). The van der Waals surface area contributed by atoms with E-state index in [1.54, 1.807) is 6.92 Å². The molecule has 0 spiro atoms. The van der Waals surface area contributed by atoms with Crippen molar-refractivity contribution in [1.29, 1.82) is 0 Å². The maximum absolute atomic E-state index is 11.7. The van der Waals surface area contributed by atoms with Crippen LogP contribution < -0.4 is 5.32 Å². The van der Waals surface area contributed by atoms with Crippen LogP contribution in [0.25, 0.3) is 0 Å². The summed E-state index contributed by atoms with van der Waals surface area (Å²) < 4.78 is 0. The number of hydrogen-bond acceptors (Lipinski definition) is 2. The van der Waals surface area contributed by atoms with Crippen LogP contribution in [0.3, 0.4) is 0 Å². The largest absolute Gasteiger partial charge is 0.392 e. The summed E-state index contributed by atoms with van der Waals surface area (Å²) in [6.07, 6.45) is 4.62. The second-order valence-electron chi connectivity index (χ2n) is 4.73. The van der Waals surface area contributed by atoms with Crippen LogP contribution in [0.15, 0.2) is 0 Å². The first-order valence-corrected chi connectivity index (χ1v) is 5.66. The zero-order valence-electron chi connectivity index (χ0n) is 8.70. The average Bonchev–Trinajstić information content (AvgIpc) is 2.88. The van der Waals surface area contributed by atoms with Gasteiger partial charge in [-0.2, -0.15) is 0 Å². The van der Waals surface area contributed by atoms with E-state index in [4.69, 9.17) is 5.11 Å². The highest BCUT2D eigenvalue weighted by atomic mass is 16.3. The lowest BCUT2D eigenvalue weighted by molar-refractivity contribution is -0.123. The fourth-order valence-corrected chi connectivity index (χ4v) is 2.75. The molecule has 2 aliphatic rings. The van der Waals surface area contributed by atoms with E-state index in [-0.39, 0.29) is 11.8 Å². The molecule has 3 nitrogen and oxygen atoms in total. The van der Waals surface area contributed by atoms with E-state index in [0.29, 0.717) is 18.4 Å². The summed E-state index contributed by atoms with van der Waals surface area (Å²) in [7, 11) is 0. The number of carbonyl (C=O) groups is 1. The van der Waals surface area contributed by atoms with Crippen LogP contribution in [-0.4, -0.2) is 23.7 Å². The number of hydrogen-bond donors (Lipinski definition) is 2. The van der Waals surface area contributed by atoms with Gasteiger partial charge in [0, 0.05) is 12.5 Å². The first kappa shape index (κ1) is 9.97. The molecule has 3 unspecified atom stereocenters. The molecule has 0 aromatic rings. The maximum atomic E-state index is 11.7. The van der Waals surface area contributed by atoms with Gasteiger partial charge in [-0.25, -0.2) is 0 Å². The Labute approximate surface area is 84.9 Å². The van der Waals surface area contributed by atoms with E-state index in [2.05, 4.69) is 5.32 Å². The number of fused-ring (bicyclic) bond motifs is 1. The number of amides is 1. The Morgan fingerprint density at radius 1 is 1.43 bits per heavy atom. The normalized spacial score (nSPS) is 37.1. The van der Waals surface area contributed by atoms with Crippen molar-refractivity contribution >= 4 is 5.91 Å². The summed E-state index contributed by atoms with van der Waals surface area (Å²) in [6.45, 7) is 2.09. The van der Waals surface area contributed by atoms with Gasteiger partial charge in [-0.1, -0.05) is 12.8 Å². The number of nitrogens with one attached hydrogen (secondary N) is 1. The number of rotatable bonds is 3. The molecule has 3 atom stereocenters. The van der Waals surface area contributed by atoms with Crippen LogP contribution in [0.2, 0.25) is 0 Å². The van der Waals surface area contributed by atoms with Gasteiger partial charge in [0.1, 0.15) is 0 Å². The zero-order valence-corrected chi connectivity index (χ0v) is 8.70. The molecule has 80 valence electrons. The fourth-order valence-electron chi connectivity index (χ4n) is 2.75. The van der Waals surface area contributed by atoms with Crippen LogP contribution in [0.1, 0.15) is 32.6 Å². The molecule has 14 heavy (non-hydrogen) atoms. The molecular formula is C11H19NO2. The number of aliphatic hydroxyl groups is 1. The van der Waals surface area contributed by atoms with Crippen molar-refractivity contribution in [2.45, 2.75) is 38.7 Å². The predicted molar refractivity (Wildman–Crippen MR) is 53.6 cm³/mol. The van der Waals surface area contributed by atoms with Gasteiger partial charge in [0.05, 0.1) is 6.10 Å². The molecular weight excluding hydrogens is 178 g/mol. The van der Waals surface area contributed by atoms with Gasteiger partial charge in [0.25, 0.3) is 0 Å². The lowest BCUT2D eigenvalue weighted by atomic mass is 10.0. The third kappa shape index (κ3) is 1.92. The average molecular weight is 197 g/mol. The van der Waals surface area contributed by atoms with Crippen molar-refractivity contribution < 1.29 is 9.90 Å². The molecule has 2 aliphatic carbocycles. The molecule has 0 bridgehead atoms. The van der Waals surface area contributed by atoms with Gasteiger partial charge in [-0.05, 0) is 31.6 Å². The van der Waals surface area contributed by atoms with Crippen molar-refractivity contribution in [2.24, 2.45) is 17.8 Å². The molecule has 2 fully saturated rings. The van der Waals surface area contributed by atoms with Gasteiger partial charge in [-0.15, -0.1) is 0 Å². The fraction of sp³-hybridized carbons (Fsp3) is 0.909. The number of carbonyl (C=O) groups excluding carboxylic acids is 1. The summed E-state index contributed by atoms with van der Waals surface area (Å²) >= 11 is 0. The van der Waals surface area contributed by atoms with Crippen molar-refractivity contribution in [3.8, 4) is 0 Å². The topological polar surface area (TPSA) is 49.3 Å². The highest BCUT2D eigenvalue weighted by Gasteiger charge is 2.54. The summed E-state index contributed by atoms with van der Waals surface area (Å²) in [5.74, 6) is 1.77. The minimum absolute atomic E-state index is 0.169. The Balaban J connectivity index is 1.77. The third-order valence-electron chi connectivity index (χ3n) is 3.53. The van der Waals surface area contributed by atoms with Crippen LogP contribution >= 0.6 is 0 Å². The smallest absolute Gasteiger partial charge is 0.223 e. The zero-order chi connectivity index (χ0) is 10.1. The highest BCUT2D eigenvalue weighted by molar-refractivity contribution is 5.82. The molecule has 2 saturated carbocycles. The van der Waals surface area contributed by atoms with E-state index in [9.17, 15) is 4.79 Å². The molecule has 2 N–H and O–H groups in total. The Morgan fingerprint density at radius 2 is 2.00 bits per heavy atom. The SMILES string of the molecule is CC(O)CNC(=O)C1C2CCCCC21. The van der Waals surface area contributed by atoms with Crippen molar-refractivity contribution in [3.63, 3.8) is 0 Å². The van der Waals surface area contributed by atoms with E-state index >= 15 is 0 Å². The number of aliphatic hydroxyl groups excluding tert-OH is 1. The molecule has 1 amide bonds. The maximum Gasteiger partial charge on any atom is 0.223 e. The lowest BCUT2D eigenvalue weighted by Gasteiger charge is -2.06. The minimum atomic E-state index is -0.431. The van der Waals surface area contributed by atoms with E-state index in [0.717, 1.165) is 0 Å². The van der Waals surface area contributed by atoms with E-state index < -0.39 is 6.10 Å². The van der Waals surface area contributed by atoms with Crippen LogP contribution in [0, 0.1) is 17.8 Å². The van der Waals surface area contributed by atoms with Crippen molar-refractivity contribution in [2.75, 3.05) is 6.54 Å². The Bertz CT molecular complexity index is 215. The molecule has 0 aliphatic heterocycles. The Morgan fingerprint density at radius 3 is 2.50 bits per heavy atom. The van der Waals surface area contributed by atoms with E-state index in [1.807, 2.05) is 0 Å².